The SMILES string of the molecule is CCC(C)(N)c1nc2cc(OC)c(OC)cc2[nH]1. The highest BCUT2D eigenvalue weighted by Gasteiger charge is 2.23. The molecule has 5 nitrogen and oxygen atoms in total. The van der Waals surface area contributed by atoms with E-state index in [1.54, 1.807) is 14.2 Å². The lowest BCUT2D eigenvalue weighted by Gasteiger charge is -2.19. The second-order valence-corrected chi connectivity index (χ2v) is 4.58. The summed E-state index contributed by atoms with van der Waals surface area (Å²) >= 11 is 0. The Balaban J connectivity index is 2.58. The molecule has 1 atom stereocenters. The van der Waals surface area contributed by atoms with E-state index < -0.39 is 5.54 Å². The van der Waals surface area contributed by atoms with Gasteiger partial charge in [0.05, 0.1) is 30.8 Å². The number of rotatable bonds is 4. The lowest BCUT2D eigenvalue weighted by atomic mass is 10.0. The van der Waals surface area contributed by atoms with Crippen molar-refractivity contribution in [3.05, 3.63) is 18.0 Å². The number of nitrogens with zero attached hydrogens (tertiary/aromatic N) is 1. The van der Waals surface area contributed by atoms with E-state index >= 15 is 0 Å². The van der Waals surface area contributed by atoms with Crippen LogP contribution in [-0.4, -0.2) is 24.2 Å². The van der Waals surface area contributed by atoms with Crippen LogP contribution in [0.25, 0.3) is 11.0 Å². The van der Waals surface area contributed by atoms with Gasteiger partial charge in [0, 0.05) is 12.1 Å². The molecular weight excluding hydrogens is 230 g/mol. The summed E-state index contributed by atoms with van der Waals surface area (Å²) in [5.41, 5.74) is 7.45. The van der Waals surface area contributed by atoms with Crippen LogP contribution in [0.2, 0.25) is 0 Å². The predicted molar refractivity (Wildman–Crippen MR) is 71.0 cm³/mol. The van der Waals surface area contributed by atoms with Crippen molar-refractivity contribution in [2.75, 3.05) is 14.2 Å². The van der Waals surface area contributed by atoms with Gasteiger partial charge in [0.25, 0.3) is 0 Å². The molecule has 1 aromatic heterocycles. The van der Waals surface area contributed by atoms with Gasteiger partial charge < -0.3 is 20.2 Å². The molecule has 0 amide bonds. The molecule has 3 N–H and O–H groups in total. The van der Waals surface area contributed by atoms with Crippen LogP contribution < -0.4 is 15.2 Å². The Hall–Kier alpha value is -1.75. The lowest BCUT2D eigenvalue weighted by molar-refractivity contribution is 0.356. The molecule has 2 rings (SSSR count). The Morgan fingerprint density at radius 1 is 1.28 bits per heavy atom. The van der Waals surface area contributed by atoms with Crippen molar-refractivity contribution in [1.82, 2.24) is 9.97 Å². The summed E-state index contributed by atoms with van der Waals surface area (Å²) in [6.45, 7) is 3.99. The monoisotopic (exact) mass is 249 g/mol. The van der Waals surface area contributed by atoms with E-state index in [2.05, 4.69) is 9.97 Å². The Morgan fingerprint density at radius 3 is 2.44 bits per heavy atom. The van der Waals surface area contributed by atoms with Gasteiger partial charge in [-0.3, -0.25) is 0 Å². The standard InChI is InChI=1S/C13H19N3O2/c1-5-13(2,14)12-15-8-6-10(17-3)11(18-4)7-9(8)16-12/h6-7H,5,14H2,1-4H3,(H,15,16). The summed E-state index contributed by atoms with van der Waals surface area (Å²) in [7, 11) is 3.22. The number of hydrogen-bond donors (Lipinski definition) is 2. The molecule has 18 heavy (non-hydrogen) atoms. The molecule has 0 aliphatic carbocycles. The van der Waals surface area contributed by atoms with E-state index in [9.17, 15) is 0 Å². The van der Waals surface area contributed by atoms with Gasteiger partial charge in [0.2, 0.25) is 0 Å². The highest BCUT2D eigenvalue weighted by molar-refractivity contribution is 5.80. The van der Waals surface area contributed by atoms with E-state index in [1.165, 1.54) is 0 Å². The van der Waals surface area contributed by atoms with Crippen LogP contribution in [0, 0.1) is 0 Å². The first-order chi connectivity index (χ1) is 8.51. The van der Waals surface area contributed by atoms with Crippen molar-refractivity contribution in [1.29, 1.82) is 0 Å². The number of methoxy groups -OCH3 is 2. The number of nitrogens with two attached hydrogens (primary N) is 1. The topological polar surface area (TPSA) is 73.2 Å². The minimum atomic E-state index is -0.459. The number of H-pyrrole nitrogens is 1. The molecule has 0 fully saturated rings. The van der Waals surface area contributed by atoms with Gasteiger partial charge in [-0.2, -0.15) is 0 Å². The fraction of sp³-hybridized carbons (Fsp3) is 0.462. The number of aromatic nitrogens is 2. The molecule has 1 aromatic carbocycles. The van der Waals surface area contributed by atoms with E-state index in [1.807, 2.05) is 26.0 Å². The lowest BCUT2D eigenvalue weighted by Crippen LogP contribution is -2.33. The third-order valence-electron chi connectivity index (χ3n) is 3.26. The number of benzene rings is 1. The number of hydrogen-bond acceptors (Lipinski definition) is 4. The Morgan fingerprint density at radius 2 is 1.89 bits per heavy atom. The van der Waals surface area contributed by atoms with Crippen LogP contribution in [0.3, 0.4) is 0 Å². The number of ether oxygens (including phenoxy) is 2. The van der Waals surface area contributed by atoms with Crippen molar-refractivity contribution >= 4 is 11.0 Å². The summed E-state index contributed by atoms with van der Waals surface area (Å²) in [6, 6.07) is 3.72. The molecule has 0 saturated carbocycles. The molecule has 1 unspecified atom stereocenters. The van der Waals surface area contributed by atoms with E-state index in [4.69, 9.17) is 15.2 Å². The molecule has 0 aliphatic heterocycles. The number of fused-ring (bicyclic) bond motifs is 1. The highest BCUT2D eigenvalue weighted by Crippen LogP contribution is 2.32. The minimum absolute atomic E-state index is 0.459. The van der Waals surface area contributed by atoms with Crippen molar-refractivity contribution in [2.45, 2.75) is 25.8 Å². The first-order valence-corrected chi connectivity index (χ1v) is 5.93. The van der Waals surface area contributed by atoms with Crippen LogP contribution in [0.4, 0.5) is 0 Å². The van der Waals surface area contributed by atoms with E-state index in [0.29, 0.717) is 11.5 Å². The molecule has 0 bridgehead atoms. The Kier molecular flexibility index (Phi) is 3.17. The summed E-state index contributed by atoms with van der Waals surface area (Å²) in [6.07, 6.45) is 0.807. The second-order valence-electron chi connectivity index (χ2n) is 4.58. The number of nitrogens with one attached hydrogen (secondary N) is 1. The van der Waals surface area contributed by atoms with Gasteiger partial charge in [-0.25, -0.2) is 4.98 Å². The minimum Gasteiger partial charge on any atom is -0.493 e. The molecule has 1 heterocycles. The van der Waals surface area contributed by atoms with Gasteiger partial charge in [-0.15, -0.1) is 0 Å². The normalized spacial score (nSPS) is 14.5. The number of aromatic amines is 1. The van der Waals surface area contributed by atoms with Crippen LogP contribution in [0.15, 0.2) is 12.1 Å². The summed E-state index contributed by atoms with van der Waals surface area (Å²) in [4.78, 5) is 7.76. The third-order valence-corrected chi connectivity index (χ3v) is 3.26. The molecule has 0 radical (unpaired) electrons. The van der Waals surface area contributed by atoms with Crippen LogP contribution in [-0.2, 0) is 5.54 Å². The van der Waals surface area contributed by atoms with Gasteiger partial charge in [-0.1, -0.05) is 6.92 Å². The van der Waals surface area contributed by atoms with Crippen molar-refractivity contribution in [3.63, 3.8) is 0 Å². The Labute approximate surface area is 106 Å². The quantitative estimate of drug-likeness (QED) is 0.871. The van der Waals surface area contributed by atoms with Crippen molar-refractivity contribution in [2.24, 2.45) is 5.73 Å². The average Bonchev–Trinajstić information content (AvgIpc) is 2.80. The Bertz CT molecular complexity index is 520. The maximum absolute atomic E-state index is 6.19. The van der Waals surface area contributed by atoms with Gasteiger partial charge in [-0.05, 0) is 13.3 Å². The molecule has 0 spiro atoms. The molecule has 0 aliphatic rings. The van der Waals surface area contributed by atoms with E-state index in [0.717, 1.165) is 23.3 Å². The zero-order valence-corrected chi connectivity index (χ0v) is 11.2. The average molecular weight is 249 g/mol. The van der Waals surface area contributed by atoms with Gasteiger partial charge in [0.1, 0.15) is 5.82 Å². The largest absolute Gasteiger partial charge is 0.493 e. The van der Waals surface area contributed by atoms with Gasteiger partial charge in [0.15, 0.2) is 11.5 Å². The summed E-state index contributed by atoms with van der Waals surface area (Å²) in [5.74, 6) is 2.11. The zero-order valence-electron chi connectivity index (χ0n) is 11.2. The molecular formula is C13H19N3O2. The smallest absolute Gasteiger partial charge is 0.163 e. The van der Waals surface area contributed by atoms with E-state index in [-0.39, 0.29) is 0 Å². The second kappa shape index (κ2) is 4.49. The zero-order chi connectivity index (χ0) is 13.3. The fourth-order valence-electron chi connectivity index (χ4n) is 1.77. The van der Waals surface area contributed by atoms with Crippen LogP contribution >= 0.6 is 0 Å². The van der Waals surface area contributed by atoms with Crippen molar-refractivity contribution < 1.29 is 9.47 Å². The van der Waals surface area contributed by atoms with Gasteiger partial charge >= 0.3 is 0 Å². The highest BCUT2D eigenvalue weighted by atomic mass is 16.5. The molecule has 5 heteroatoms. The summed E-state index contributed by atoms with van der Waals surface area (Å²) in [5, 5.41) is 0. The molecule has 2 aromatic rings. The maximum atomic E-state index is 6.19. The first kappa shape index (κ1) is 12.7. The van der Waals surface area contributed by atoms with Crippen LogP contribution in [0.1, 0.15) is 26.1 Å². The predicted octanol–water partition coefficient (Wildman–Crippen LogP) is 2.16. The van der Waals surface area contributed by atoms with Crippen LogP contribution in [0.5, 0.6) is 11.5 Å². The maximum Gasteiger partial charge on any atom is 0.163 e. The third kappa shape index (κ3) is 2.01. The van der Waals surface area contributed by atoms with Crippen molar-refractivity contribution in [3.8, 4) is 11.5 Å². The number of imidazole rings is 1. The molecule has 0 saturated heterocycles. The summed E-state index contributed by atoms with van der Waals surface area (Å²) < 4.78 is 10.5. The molecule has 98 valence electrons. The first-order valence-electron chi connectivity index (χ1n) is 5.93. The fourth-order valence-corrected chi connectivity index (χ4v) is 1.77.